The monoisotopic (exact) mass is 323 g/mol. The Bertz CT molecular complexity index is 446. The number of hydrogen-bond acceptors (Lipinski definition) is 4. The van der Waals surface area contributed by atoms with Crippen molar-refractivity contribution in [1.82, 2.24) is 15.3 Å². The molecule has 130 valence electrons. The molecule has 0 bridgehead atoms. The van der Waals surface area contributed by atoms with Crippen molar-refractivity contribution in [2.45, 2.75) is 70.8 Å². The topological polar surface area (TPSA) is 84.1 Å². The fourth-order valence-corrected chi connectivity index (χ4v) is 2.46. The number of carbonyl (C=O) groups excluding carboxylic acids is 2. The van der Waals surface area contributed by atoms with E-state index in [1.54, 1.807) is 12.5 Å². The molecule has 2 N–H and O–H groups in total. The molecule has 0 saturated heterocycles. The molecule has 1 heterocycles. The van der Waals surface area contributed by atoms with E-state index >= 15 is 0 Å². The molecule has 1 atom stereocenters. The second-order valence-electron chi connectivity index (χ2n) is 5.80. The Balaban J connectivity index is 2.26. The number of hydrogen-bond donors (Lipinski definition) is 2. The van der Waals surface area contributed by atoms with Gasteiger partial charge in [0.25, 0.3) is 0 Å². The highest BCUT2D eigenvalue weighted by molar-refractivity contribution is 5.84. The molecule has 1 aromatic rings. The van der Waals surface area contributed by atoms with Gasteiger partial charge in [-0.1, -0.05) is 45.4 Å². The van der Waals surface area contributed by atoms with E-state index in [0.29, 0.717) is 12.8 Å². The lowest BCUT2D eigenvalue weighted by Gasteiger charge is -2.15. The summed E-state index contributed by atoms with van der Waals surface area (Å²) in [7, 11) is 1.32. The second-order valence-corrected chi connectivity index (χ2v) is 5.80. The van der Waals surface area contributed by atoms with Crippen LogP contribution in [-0.2, 0) is 20.7 Å². The Morgan fingerprint density at radius 2 is 1.91 bits per heavy atom. The summed E-state index contributed by atoms with van der Waals surface area (Å²) >= 11 is 0. The smallest absolute Gasteiger partial charge is 0.328 e. The zero-order valence-corrected chi connectivity index (χ0v) is 14.3. The number of esters is 1. The Labute approximate surface area is 138 Å². The third-order valence-electron chi connectivity index (χ3n) is 3.81. The van der Waals surface area contributed by atoms with Gasteiger partial charge in [0.1, 0.15) is 6.04 Å². The van der Waals surface area contributed by atoms with Gasteiger partial charge in [0.2, 0.25) is 5.91 Å². The number of aromatic amines is 1. The number of carbonyl (C=O) groups is 2. The van der Waals surface area contributed by atoms with Gasteiger partial charge in [-0.25, -0.2) is 9.78 Å². The summed E-state index contributed by atoms with van der Waals surface area (Å²) in [5.74, 6) is -0.541. The minimum absolute atomic E-state index is 0.103. The maximum Gasteiger partial charge on any atom is 0.328 e. The lowest BCUT2D eigenvalue weighted by atomic mass is 10.1. The van der Waals surface area contributed by atoms with Gasteiger partial charge in [-0.15, -0.1) is 0 Å². The number of nitrogens with zero attached hydrogens (tertiary/aromatic N) is 1. The predicted molar refractivity (Wildman–Crippen MR) is 88.8 cm³/mol. The first-order chi connectivity index (χ1) is 11.2. The summed E-state index contributed by atoms with van der Waals surface area (Å²) < 4.78 is 4.75. The molecule has 0 spiro atoms. The van der Waals surface area contributed by atoms with Crippen molar-refractivity contribution >= 4 is 11.9 Å². The number of ether oxygens (including phenoxy) is 1. The lowest BCUT2D eigenvalue weighted by molar-refractivity contribution is -0.145. The van der Waals surface area contributed by atoms with E-state index in [0.717, 1.165) is 18.5 Å². The van der Waals surface area contributed by atoms with Crippen LogP contribution in [0.25, 0.3) is 0 Å². The Morgan fingerprint density at radius 1 is 1.22 bits per heavy atom. The number of rotatable bonds is 12. The average molecular weight is 323 g/mol. The highest BCUT2D eigenvalue weighted by atomic mass is 16.5. The molecule has 1 rings (SSSR count). The number of methoxy groups -OCH3 is 1. The Morgan fingerprint density at radius 3 is 2.52 bits per heavy atom. The Kier molecular flexibility index (Phi) is 9.75. The fourth-order valence-electron chi connectivity index (χ4n) is 2.46. The molecule has 1 amide bonds. The number of unbranched alkanes of at least 4 members (excludes halogenated alkanes) is 6. The van der Waals surface area contributed by atoms with E-state index in [1.165, 1.54) is 39.2 Å². The number of aromatic nitrogens is 2. The largest absolute Gasteiger partial charge is 0.467 e. The van der Waals surface area contributed by atoms with Crippen molar-refractivity contribution in [3.63, 3.8) is 0 Å². The zero-order valence-electron chi connectivity index (χ0n) is 14.3. The van der Waals surface area contributed by atoms with E-state index in [9.17, 15) is 9.59 Å². The molecule has 1 aromatic heterocycles. The summed E-state index contributed by atoms with van der Waals surface area (Å²) in [6.07, 6.45) is 12.1. The normalized spacial score (nSPS) is 11.9. The molecule has 0 aliphatic carbocycles. The molecule has 6 nitrogen and oxygen atoms in total. The van der Waals surface area contributed by atoms with Gasteiger partial charge in [-0.2, -0.15) is 0 Å². The predicted octanol–water partition coefficient (Wildman–Crippen LogP) is 2.75. The first kappa shape index (κ1) is 19.2. The van der Waals surface area contributed by atoms with Gasteiger partial charge >= 0.3 is 5.97 Å². The van der Waals surface area contributed by atoms with E-state index in [1.807, 2.05) is 0 Å². The minimum Gasteiger partial charge on any atom is -0.467 e. The van der Waals surface area contributed by atoms with Crippen LogP contribution in [0.1, 0.15) is 64.0 Å². The van der Waals surface area contributed by atoms with Crippen molar-refractivity contribution in [2.75, 3.05) is 7.11 Å². The first-order valence-electron chi connectivity index (χ1n) is 8.51. The number of H-pyrrole nitrogens is 1. The Hall–Kier alpha value is -1.85. The van der Waals surface area contributed by atoms with E-state index in [2.05, 4.69) is 22.2 Å². The number of imidazole rings is 1. The molecule has 0 saturated carbocycles. The molecule has 6 heteroatoms. The van der Waals surface area contributed by atoms with Gasteiger partial charge in [0, 0.05) is 24.7 Å². The third kappa shape index (κ3) is 8.38. The van der Waals surface area contributed by atoms with E-state index in [-0.39, 0.29) is 5.91 Å². The average Bonchev–Trinajstić information content (AvgIpc) is 3.05. The zero-order chi connectivity index (χ0) is 16.9. The standard InChI is InChI=1S/C17H29N3O3/c1-3-4-5-6-7-8-9-10-16(21)20-15(17(22)23-2)11-14-12-18-13-19-14/h12-13,15H,3-11H2,1-2H3,(H,18,19)(H,20,21)/t15-/m0/s1. The molecule has 23 heavy (non-hydrogen) atoms. The van der Waals surface area contributed by atoms with Crippen LogP contribution < -0.4 is 5.32 Å². The highest BCUT2D eigenvalue weighted by Gasteiger charge is 2.22. The molecule has 0 radical (unpaired) electrons. The summed E-state index contributed by atoms with van der Waals surface area (Å²) in [6.45, 7) is 2.20. The van der Waals surface area contributed by atoms with Gasteiger partial charge in [-0.05, 0) is 6.42 Å². The van der Waals surface area contributed by atoms with Crippen molar-refractivity contribution in [2.24, 2.45) is 0 Å². The lowest BCUT2D eigenvalue weighted by Crippen LogP contribution is -2.43. The molecule has 0 aromatic carbocycles. The van der Waals surface area contributed by atoms with Crippen LogP contribution in [-0.4, -0.2) is 35.0 Å². The van der Waals surface area contributed by atoms with Gasteiger partial charge in [0.05, 0.1) is 13.4 Å². The second kappa shape index (κ2) is 11.7. The SMILES string of the molecule is CCCCCCCCCC(=O)N[C@@H](Cc1cnc[nH]1)C(=O)OC. The maximum absolute atomic E-state index is 12.0. The van der Waals surface area contributed by atoms with Crippen molar-refractivity contribution < 1.29 is 14.3 Å². The van der Waals surface area contributed by atoms with Crippen LogP contribution in [0.4, 0.5) is 0 Å². The summed E-state index contributed by atoms with van der Waals surface area (Å²) in [5.41, 5.74) is 0.789. The number of amides is 1. The summed E-state index contributed by atoms with van der Waals surface area (Å²) in [5, 5.41) is 2.76. The van der Waals surface area contributed by atoms with Gasteiger partial charge < -0.3 is 15.0 Å². The fraction of sp³-hybridized carbons (Fsp3) is 0.706. The van der Waals surface area contributed by atoms with Crippen molar-refractivity contribution in [3.05, 3.63) is 18.2 Å². The van der Waals surface area contributed by atoms with Crippen LogP contribution in [0, 0.1) is 0 Å². The van der Waals surface area contributed by atoms with Crippen molar-refractivity contribution in [3.8, 4) is 0 Å². The van der Waals surface area contributed by atoms with E-state index in [4.69, 9.17) is 4.74 Å². The van der Waals surface area contributed by atoms with Crippen molar-refractivity contribution in [1.29, 1.82) is 0 Å². The summed E-state index contributed by atoms with van der Waals surface area (Å²) in [6, 6.07) is -0.669. The quantitative estimate of drug-likeness (QED) is 0.457. The number of nitrogens with one attached hydrogen (secondary N) is 2. The third-order valence-corrected chi connectivity index (χ3v) is 3.81. The maximum atomic E-state index is 12.0. The van der Waals surface area contributed by atoms with Gasteiger partial charge in [0.15, 0.2) is 0 Å². The van der Waals surface area contributed by atoms with Crippen LogP contribution >= 0.6 is 0 Å². The molecule has 0 aliphatic heterocycles. The summed E-state index contributed by atoms with van der Waals surface area (Å²) in [4.78, 5) is 30.6. The molecular formula is C17H29N3O3. The van der Waals surface area contributed by atoms with Gasteiger partial charge in [-0.3, -0.25) is 4.79 Å². The van der Waals surface area contributed by atoms with E-state index < -0.39 is 12.0 Å². The molecule has 0 aliphatic rings. The molecule has 0 unspecified atom stereocenters. The molecule has 0 fully saturated rings. The van der Waals surface area contributed by atoms with Crippen LogP contribution in [0.15, 0.2) is 12.5 Å². The molecular weight excluding hydrogens is 294 g/mol. The van der Waals surface area contributed by atoms with Crippen LogP contribution in [0.5, 0.6) is 0 Å². The minimum atomic E-state index is -0.669. The van der Waals surface area contributed by atoms with Crippen LogP contribution in [0.2, 0.25) is 0 Å². The first-order valence-corrected chi connectivity index (χ1v) is 8.51. The highest BCUT2D eigenvalue weighted by Crippen LogP contribution is 2.09. The van der Waals surface area contributed by atoms with Crippen LogP contribution in [0.3, 0.4) is 0 Å².